The van der Waals surface area contributed by atoms with Gasteiger partial charge in [-0.3, -0.25) is 9.59 Å². The summed E-state index contributed by atoms with van der Waals surface area (Å²) in [5.41, 5.74) is 0.928. The highest BCUT2D eigenvalue weighted by atomic mass is 16.6. The lowest BCUT2D eigenvalue weighted by Gasteiger charge is -2.26. The molecule has 0 aliphatic heterocycles. The van der Waals surface area contributed by atoms with Crippen LogP contribution in [0.25, 0.3) is 10.8 Å². The molecule has 21 heavy (non-hydrogen) atoms. The molecule has 1 saturated carbocycles. The second-order valence-electron chi connectivity index (χ2n) is 5.50. The number of aromatic nitrogens is 1. The van der Waals surface area contributed by atoms with Crippen LogP contribution < -0.4 is 15.7 Å². The SMILES string of the molecule is COn1c(C(=O)NC2CCC2)cc2ccc(C)cc2c1=O. The van der Waals surface area contributed by atoms with E-state index >= 15 is 0 Å². The summed E-state index contributed by atoms with van der Waals surface area (Å²) in [5.74, 6) is -0.263. The van der Waals surface area contributed by atoms with E-state index in [2.05, 4.69) is 5.32 Å². The number of pyridine rings is 1. The third-order valence-corrected chi connectivity index (χ3v) is 3.99. The van der Waals surface area contributed by atoms with Gasteiger partial charge in [-0.2, -0.15) is 0 Å². The Kier molecular flexibility index (Phi) is 3.41. The quantitative estimate of drug-likeness (QED) is 0.933. The van der Waals surface area contributed by atoms with Crippen LogP contribution in [0.5, 0.6) is 0 Å². The molecule has 0 unspecified atom stereocenters. The first kappa shape index (κ1) is 13.7. The molecule has 1 aromatic heterocycles. The molecule has 1 aromatic carbocycles. The van der Waals surface area contributed by atoms with Crippen LogP contribution in [0, 0.1) is 6.92 Å². The Labute approximate surface area is 122 Å². The zero-order chi connectivity index (χ0) is 15.0. The molecule has 0 spiro atoms. The normalized spacial score (nSPS) is 14.8. The summed E-state index contributed by atoms with van der Waals surface area (Å²) in [4.78, 5) is 29.9. The van der Waals surface area contributed by atoms with Gasteiger partial charge in [0, 0.05) is 6.04 Å². The highest BCUT2D eigenvalue weighted by molar-refractivity contribution is 5.96. The van der Waals surface area contributed by atoms with Crippen LogP contribution in [-0.2, 0) is 0 Å². The Hall–Kier alpha value is -2.30. The van der Waals surface area contributed by atoms with Crippen LogP contribution in [0.1, 0.15) is 35.3 Å². The number of carbonyl (C=O) groups excluding carboxylic acids is 1. The van der Waals surface area contributed by atoms with Gasteiger partial charge in [-0.05, 0) is 43.7 Å². The van der Waals surface area contributed by atoms with Gasteiger partial charge in [-0.25, -0.2) is 0 Å². The molecular weight excluding hydrogens is 268 g/mol. The monoisotopic (exact) mass is 286 g/mol. The average Bonchev–Trinajstić information content (AvgIpc) is 2.43. The van der Waals surface area contributed by atoms with Gasteiger partial charge in [0.05, 0.1) is 5.39 Å². The van der Waals surface area contributed by atoms with Crippen LogP contribution in [0.4, 0.5) is 0 Å². The van der Waals surface area contributed by atoms with Crippen molar-refractivity contribution in [2.75, 3.05) is 7.11 Å². The zero-order valence-electron chi connectivity index (χ0n) is 12.2. The molecule has 2 aromatic rings. The van der Waals surface area contributed by atoms with Gasteiger partial charge in [0.2, 0.25) is 0 Å². The van der Waals surface area contributed by atoms with Gasteiger partial charge < -0.3 is 10.2 Å². The van der Waals surface area contributed by atoms with E-state index in [-0.39, 0.29) is 23.2 Å². The molecule has 5 heteroatoms. The van der Waals surface area contributed by atoms with Crippen LogP contribution in [0.3, 0.4) is 0 Å². The molecule has 1 amide bonds. The smallest absolute Gasteiger partial charge is 0.291 e. The molecule has 5 nitrogen and oxygen atoms in total. The fourth-order valence-electron chi connectivity index (χ4n) is 2.56. The molecular formula is C16H18N2O3. The molecule has 1 aliphatic rings. The summed E-state index contributed by atoms with van der Waals surface area (Å²) in [5, 5.41) is 4.23. The number of rotatable bonds is 3. The molecule has 0 radical (unpaired) electrons. The number of aryl methyl sites for hydroxylation is 1. The molecule has 110 valence electrons. The van der Waals surface area contributed by atoms with Gasteiger partial charge >= 0.3 is 0 Å². The highest BCUT2D eigenvalue weighted by Crippen LogP contribution is 2.19. The van der Waals surface area contributed by atoms with E-state index in [1.54, 1.807) is 12.1 Å². The molecule has 3 rings (SSSR count). The number of hydrogen-bond acceptors (Lipinski definition) is 3. The molecule has 0 atom stereocenters. The first-order chi connectivity index (χ1) is 10.1. The summed E-state index contributed by atoms with van der Waals surface area (Å²) < 4.78 is 1.07. The predicted octanol–water partition coefficient (Wildman–Crippen LogP) is 1.65. The molecule has 1 heterocycles. The average molecular weight is 286 g/mol. The van der Waals surface area contributed by atoms with Crippen molar-refractivity contribution in [1.29, 1.82) is 0 Å². The first-order valence-electron chi connectivity index (χ1n) is 7.12. The summed E-state index contributed by atoms with van der Waals surface area (Å²) in [6, 6.07) is 7.50. The van der Waals surface area contributed by atoms with E-state index in [0.717, 1.165) is 34.9 Å². The maximum absolute atomic E-state index is 12.5. The minimum atomic E-state index is -0.308. The summed E-state index contributed by atoms with van der Waals surface area (Å²) in [6.45, 7) is 1.92. The van der Waals surface area contributed by atoms with Crippen molar-refractivity contribution < 1.29 is 9.63 Å². The fraction of sp³-hybridized carbons (Fsp3) is 0.375. The van der Waals surface area contributed by atoms with Gasteiger partial charge in [0.25, 0.3) is 11.5 Å². The van der Waals surface area contributed by atoms with E-state index in [1.807, 2.05) is 19.1 Å². The lowest BCUT2D eigenvalue weighted by atomic mass is 9.93. The van der Waals surface area contributed by atoms with Crippen LogP contribution in [0.15, 0.2) is 29.1 Å². The number of nitrogens with zero attached hydrogens (tertiary/aromatic N) is 1. The standard InChI is InChI=1S/C16H18N2O3/c1-10-6-7-11-9-14(15(19)17-12-4-3-5-12)18(21-2)16(20)13(11)8-10/h6-9,12H,3-5H2,1-2H3,(H,17,19). The Balaban J connectivity index is 2.10. The second-order valence-corrected chi connectivity index (χ2v) is 5.50. The van der Waals surface area contributed by atoms with Gasteiger partial charge in [0.15, 0.2) is 0 Å². The largest absolute Gasteiger partial charge is 0.413 e. The Morgan fingerprint density at radius 3 is 2.71 bits per heavy atom. The lowest BCUT2D eigenvalue weighted by Crippen LogP contribution is -2.42. The van der Waals surface area contributed by atoms with Gasteiger partial charge in [0.1, 0.15) is 12.8 Å². The number of benzene rings is 1. The van der Waals surface area contributed by atoms with Crippen LogP contribution >= 0.6 is 0 Å². The minimum Gasteiger partial charge on any atom is -0.413 e. The third-order valence-electron chi connectivity index (χ3n) is 3.99. The third kappa shape index (κ3) is 2.39. The zero-order valence-corrected chi connectivity index (χ0v) is 12.2. The Morgan fingerprint density at radius 2 is 2.10 bits per heavy atom. The maximum atomic E-state index is 12.5. The maximum Gasteiger partial charge on any atom is 0.291 e. The Bertz CT molecular complexity index is 760. The first-order valence-corrected chi connectivity index (χ1v) is 7.12. The van der Waals surface area contributed by atoms with E-state index < -0.39 is 0 Å². The summed E-state index contributed by atoms with van der Waals surface area (Å²) in [6.07, 6.45) is 3.13. The molecule has 0 saturated heterocycles. The number of carbonyl (C=O) groups is 1. The topological polar surface area (TPSA) is 60.3 Å². The molecule has 1 aliphatic carbocycles. The summed E-state index contributed by atoms with van der Waals surface area (Å²) >= 11 is 0. The van der Waals surface area contributed by atoms with Crippen LogP contribution in [-0.4, -0.2) is 23.8 Å². The van der Waals surface area contributed by atoms with Crippen molar-refractivity contribution in [1.82, 2.24) is 10.0 Å². The van der Waals surface area contributed by atoms with Crippen molar-refractivity contribution in [3.8, 4) is 0 Å². The second kappa shape index (κ2) is 5.24. The van der Waals surface area contributed by atoms with E-state index in [0.29, 0.717) is 5.39 Å². The van der Waals surface area contributed by atoms with E-state index in [9.17, 15) is 9.59 Å². The number of hydrogen-bond donors (Lipinski definition) is 1. The molecule has 0 bridgehead atoms. The van der Waals surface area contributed by atoms with Crippen molar-refractivity contribution >= 4 is 16.7 Å². The number of nitrogens with one attached hydrogen (secondary N) is 1. The lowest BCUT2D eigenvalue weighted by molar-refractivity contribution is 0.0849. The number of amides is 1. The fourth-order valence-corrected chi connectivity index (χ4v) is 2.56. The van der Waals surface area contributed by atoms with Gasteiger partial charge in [-0.1, -0.05) is 17.7 Å². The molecule has 1 N–H and O–H groups in total. The van der Waals surface area contributed by atoms with E-state index in [1.165, 1.54) is 7.11 Å². The molecule has 1 fully saturated rings. The minimum absolute atomic E-state index is 0.214. The van der Waals surface area contributed by atoms with Crippen LogP contribution in [0.2, 0.25) is 0 Å². The van der Waals surface area contributed by atoms with Crippen molar-refractivity contribution in [2.45, 2.75) is 32.2 Å². The predicted molar refractivity (Wildman–Crippen MR) is 80.6 cm³/mol. The van der Waals surface area contributed by atoms with Gasteiger partial charge in [-0.15, -0.1) is 4.73 Å². The number of fused-ring (bicyclic) bond motifs is 1. The highest BCUT2D eigenvalue weighted by Gasteiger charge is 2.23. The van der Waals surface area contributed by atoms with E-state index in [4.69, 9.17) is 4.84 Å². The van der Waals surface area contributed by atoms with Crippen molar-refractivity contribution in [2.24, 2.45) is 0 Å². The Morgan fingerprint density at radius 1 is 1.33 bits per heavy atom. The van der Waals surface area contributed by atoms with Crippen molar-refractivity contribution in [3.63, 3.8) is 0 Å². The summed E-state index contributed by atoms with van der Waals surface area (Å²) in [7, 11) is 1.39. The van der Waals surface area contributed by atoms with Crippen molar-refractivity contribution in [3.05, 3.63) is 45.9 Å².